The second-order valence-corrected chi connectivity index (χ2v) is 7.87. The van der Waals surface area contributed by atoms with E-state index < -0.39 is 52.5 Å². The van der Waals surface area contributed by atoms with Crippen LogP contribution < -0.4 is 0 Å². The monoisotopic (exact) mass is 364 g/mol. The van der Waals surface area contributed by atoms with Gasteiger partial charge in [0.25, 0.3) is 5.92 Å². The van der Waals surface area contributed by atoms with Crippen molar-refractivity contribution in [1.82, 2.24) is 9.78 Å². The van der Waals surface area contributed by atoms with E-state index in [1.807, 2.05) is 0 Å². The summed E-state index contributed by atoms with van der Waals surface area (Å²) in [5, 5.41) is 13.3. The van der Waals surface area contributed by atoms with E-state index in [2.05, 4.69) is 5.10 Å². The Bertz CT molecular complexity index is 761. The van der Waals surface area contributed by atoms with Crippen LogP contribution in [-0.4, -0.2) is 26.8 Å². The van der Waals surface area contributed by atoms with Crippen molar-refractivity contribution in [3.63, 3.8) is 0 Å². The van der Waals surface area contributed by atoms with E-state index in [4.69, 9.17) is 0 Å². The average Bonchev–Trinajstić information content (AvgIpc) is 3.31. The van der Waals surface area contributed by atoms with Gasteiger partial charge in [0.1, 0.15) is 5.56 Å². The quantitative estimate of drug-likeness (QED) is 0.811. The van der Waals surface area contributed by atoms with Crippen LogP contribution in [0.25, 0.3) is 0 Å². The molecule has 1 unspecified atom stereocenters. The van der Waals surface area contributed by atoms with Crippen molar-refractivity contribution in [2.24, 2.45) is 10.8 Å². The largest absolute Gasteiger partial charge is 0.477 e. The van der Waals surface area contributed by atoms with E-state index >= 15 is 0 Å². The lowest BCUT2D eigenvalue weighted by Gasteiger charge is -2.54. The Morgan fingerprint density at radius 3 is 2.32 bits per heavy atom. The SMILES string of the molecule is CC1(Cn2nc(C3CC3)c(C(F)(F)F)c2C(=O)O)CC(F)(F)C12CC2. The van der Waals surface area contributed by atoms with Gasteiger partial charge < -0.3 is 5.11 Å². The molecule has 138 valence electrons. The summed E-state index contributed by atoms with van der Waals surface area (Å²) in [5.41, 5.74) is -4.58. The number of alkyl halides is 5. The molecule has 0 aliphatic heterocycles. The van der Waals surface area contributed by atoms with Gasteiger partial charge in [-0.3, -0.25) is 4.68 Å². The highest BCUT2D eigenvalue weighted by Gasteiger charge is 2.80. The summed E-state index contributed by atoms with van der Waals surface area (Å²) >= 11 is 0. The molecule has 0 saturated heterocycles. The van der Waals surface area contributed by atoms with Gasteiger partial charge in [-0.2, -0.15) is 18.3 Å². The number of aromatic nitrogens is 2. The molecule has 3 aliphatic carbocycles. The molecule has 1 spiro atoms. The van der Waals surface area contributed by atoms with Crippen molar-refractivity contribution < 1.29 is 31.9 Å². The lowest BCUT2D eigenvalue weighted by Crippen LogP contribution is -2.59. The van der Waals surface area contributed by atoms with E-state index in [0.29, 0.717) is 25.7 Å². The van der Waals surface area contributed by atoms with Crippen LogP contribution in [0.1, 0.15) is 66.7 Å². The van der Waals surface area contributed by atoms with Gasteiger partial charge >= 0.3 is 12.1 Å². The zero-order chi connectivity index (χ0) is 18.4. The number of rotatable bonds is 4. The third kappa shape index (κ3) is 2.16. The Morgan fingerprint density at radius 1 is 1.32 bits per heavy atom. The second-order valence-electron chi connectivity index (χ2n) is 7.87. The molecule has 4 rings (SSSR count). The molecule has 0 bridgehead atoms. The fraction of sp³-hybridized carbons (Fsp3) is 0.750. The first-order chi connectivity index (χ1) is 11.4. The summed E-state index contributed by atoms with van der Waals surface area (Å²) in [5.74, 6) is -4.97. The normalized spacial score (nSPS) is 29.5. The standard InChI is InChI=1S/C16H17F5N2O2/c1-13(6-15(17,18)14(13)4-5-14)7-23-11(12(24)25)9(16(19,20)21)10(22-23)8-2-3-8/h8H,2-7H2,1H3,(H,24,25). The Balaban J connectivity index is 1.77. The minimum Gasteiger partial charge on any atom is -0.477 e. The average molecular weight is 364 g/mol. The molecule has 1 N–H and O–H groups in total. The number of carbonyl (C=O) groups is 1. The highest BCUT2D eigenvalue weighted by Crippen LogP contribution is 2.78. The molecule has 3 fully saturated rings. The molecule has 3 aliphatic rings. The molecule has 4 nitrogen and oxygen atoms in total. The van der Waals surface area contributed by atoms with Crippen LogP contribution in [-0.2, 0) is 12.7 Å². The number of carboxylic acids is 1. The van der Waals surface area contributed by atoms with Gasteiger partial charge in [-0.25, -0.2) is 13.6 Å². The second kappa shape index (κ2) is 4.54. The number of hydrogen-bond donors (Lipinski definition) is 1. The number of hydrogen-bond acceptors (Lipinski definition) is 2. The van der Waals surface area contributed by atoms with Crippen molar-refractivity contribution in [3.8, 4) is 0 Å². The van der Waals surface area contributed by atoms with Crippen molar-refractivity contribution in [2.75, 3.05) is 0 Å². The predicted molar refractivity (Wildman–Crippen MR) is 75.5 cm³/mol. The Morgan fingerprint density at radius 2 is 1.92 bits per heavy atom. The maximum Gasteiger partial charge on any atom is 0.420 e. The van der Waals surface area contributed by atoms with Crippen LogP contribution in [0.5, 0.6) is 0 Å². The summed E-state index contributed by atoms with van der Waals surface area (Å²) in [4.78, 5) is 11.5. The highest BCUT2D eigenvalue weighted by molar-refractivity contribution is 5.88. The Hall–Kier alpha value is -1.67. The molecule has 0 aromatic carbocycles. The first-order valence-corrected chi connectivity index (χ1v) is 8.21. The molecule has 9 heteroatoms. The first kappa shape index (κ1) is 16.8. The van der Waals surface area contributed by atoms with Crippen molar-refractivity contribution in [2.45, 2.75) is 63.6 Å². The van der Waals surface area contributed by atoms with E-state index in [1.54, 1.807) is 6.92 Å². The predicted octanol–water partition coefficient (Wildman–Crippen LogP) is 4.30. The zero-order valence-corrected chi connectivity index (χ0v) is 13.5. The third-order valence-electron chi connectivity index (χ3n) is 6.15. The van der Waals surface area contributed by atoms with Crippen LogP contribution in [0.4, 0.5) is 22.0 Å². The van der Waals surface area contributed by atoms with Crippen molar-refractivity contribution in [3.05, 3.63) is 17.0 Å². The maximum atomic E-state index is 13.9. The zero-order valence-electron chi connectivity index (χ0n) is 13.5. The number of aromatic carboxylic acids is 1. The molecule has 25 heavy (non-hydrogen) atoms. The maximum absolute atomic E-state index is 13.9. The number of halogens is 5. The molecule has 1 aromatic rings. The highest BCUT2D eigenvalue weighted by atomic mass is 19.4. The minimum atomic E-state index is -4.84. The van der Waals surface area contributed by atoms with E-state index in [1.165, 1.54) is 0 Å². The van der Waals surface area contributed by atoms with Gasteiger partial charge in [0.15, 0.2) is 5.69 Å². The Kier molecular flexibility index (Phi) is 3.04. The van der Waals surface area contributed by atoms with Gasteiger partial charge in [0, 0.05) is 29.7 Å². The van der Waals surface area contributed by atoms with Crippen LogP contribution in [0.15, 0.2) is 0 Å². The van der Waals surface area contributed by atoms with E-state index in [-0.39, 0.29) is 12.2 Å². The molecule has 3 saturated carbocycles. The van der Waals surface area contributed by atoms with Crippen molar-refractivity contribution >= 4 is 5.97 Å². The molecular formula is C16H17F5N2O2. The lowest BCUT2D eigenvalue weighted by molar-refractivity contribution is -0.243. The van der Waals surface area contributed by atoms with Gasteiger partial charge in [0.05, 0.1) is 5.69 Å². The van der Waals surface area contributed by atoms with E-state index in [9.17, 15) is 31.9 Å². The first-order valence-electron chi connectivity index (χ1n) is 8.21. The van der Waals surface area contributed by atoms with Gasteiger partial charge in [-0.15, -0.1) is 0 Å². The van der Waals surface area contributed by atoms with Crippen LogP contribution in [0.2, 0.25) is 0 Å². The molecule has 1 aromatic heterocycles. The number of carboxylic acid groups (broad SMARTS) is 1. The summed E-state index contributed by atoms with van der Waals surface area (Å²) in [6, 6.07) is 0. The van der Waals surface area contributed by atoms with E-state index in [0.717, 1.165) is 4.68 Å². The molecule has 0 amide bonds. The lowest BCUT2D eigenvalue weighted by atomic mass is 9.55. The molecule has 0 radical (unpaired) electrons. The summed E-state index contributed by atoms with van der Waals surface area (Å²) in [6.07, 6.45) is -3.63. The Labute approximate surface area is 140 Å². The fourth-order valence-electron chi connectivity index (χ4n) is 4.53. The van der Waals surface area contributed by atoms with Gasteiger partial charge in [-0.05, 0) is 25.7 Å². The van der Waals surface area contributed by atoms with Crippen molar-refractivity contribution in [1.29, 1.82) is 0 Å². The fourth-order valence-corrected chi connectivity index (χ4v) is 4.53. The van der Waals surface area contributed by atoms with Crippen LogP contribution in [0.3, 0.4) is 0 Å². The smallest absolute Gasteiger partial charge is 0.420 e. The van der Waals surface area contributed by atoms with Crippen LogP contribution >= 0.6 is 0 Å². The molecule has 1 heterocycles. The number of nitrogens with zero attached hydrogens (tertiary/aromatic N) is 2. The minimum absolute atomic E-state index is 0.236. The van der Waals surface area contributed by atoms with Gasteiger partial charge in [-0.1, -0.05) is 6.92 Å². The third-order valence-corrected chi connectivity index (χ3v) is 6.15. The summed E-state index contributed by atoms with van der Waals surface area (Å²) < 4.78 is 69.0. The summed E-state index contributed by atoms with van der Waals surface area (Å²) in [6.45, 7) is 1.36. The topological polar surface area (TPSA) is 55.1 Å². The molecule has 1 atom stereocenters. The molecular weight excluding hydrogens is 347 g/mol. The summed E-state index contributed by atoms with van der Waals surface area (Å²) in [7, 11) is 0. The van der Waals surface area contributed by atoms with Gasteiger partial charge in [0.2, 0.25) is 0 Å². The van der Waals surface area contributed by atoms with Crippen LogP contribution in [0, 0.1) is 10.8 Å².